The minimum atomic E-state index is 0.707. The summed E-state index contributed by atoms with van der Waals surface area (Å²) in [6, 6.07) is 17.5. The molecule has 5 nitrogen and oxygen atoms in total. The molecule has 4 aromatic rings. The first-order valence-electron chi connectivity index (χ1n) is 8.59. The quantitative estimate of drug-likeness (QED) is 0.515. The highest BCUT2D eigenvalue weighted by Gasteiger charge is 2.16. The van der Waals surface area contributed by atoms with Crippen molar-refractivity contribution in [1.82, 2.24) is 14.6 Å². The second-order valence-electron chi connectivity index (χ2n) is 6.34. The van der Waals surface area contributed by atoms with Gasteiger partial charge in [0, 0.05) is 28.0 Å². The molecule has 1 N–H and O–H groups in total. The molecule has 0 radical (unpaired) electrons. The molecule has 0 unspecified atom stereocenters. The molecule has 0 aliphatic carbocycles. The SMILES string of the molecule is COc1ccc(Nc2cc(C)nc3c(-c4ccc(Cl)cc4)c(C)nn23)cc1. The molecule has 2 heterocycles. The van der Waals surface area contributed by atoms with Crippen molar-refractivity contribution in [3.8, 4) is 16.9 Å². The molecule has 4 rings (SSSR count). The molecule has 136 valence electrons. The summed E-state index contributed by atoms with van der Waals surface area (Å²) in [4.78, 5) is 4.73. The molecule has 0 amide bonds. The molecule has 0 atom stereocenters. The number of nitrogens with one attached hydrogen (secondary N) is 1. The van der Waals surface area contributed by atoms with Crippen LogP contribution in [0.4, 0.5) is 11.5 Å². The Balaban J connectivity index is 1.82. The van der Waals surface area contributed by atoms with Gasteiger partial charge < -0.3 is 10.1 Å². The third kappa shape index (κ3) is 3.34. The minimum Gasteiger partial charge on any atom is -0.497 e. The number of hydrogen-bond donors (Lipinski definition) is 1. The highest BCUT2D eigenvalue weighted by atomic mass is 35.5. The molecule has 0 aliphatic heterocycles. The summed E-state index contributed by atoms with van der Waals surface area (Å²) in [6.45, 7) is 3.97. The summed E-state index contributed by atoms with van der Waals surface area (Å²) >= 11 is 6.04. The van der Waals surface area contributed by atoms with E-state index in [1.807, 2.05) is 73.0 Å². The Labute approximate surface area is 162 Å². The third-order valence-electron chi connectivity index (χ3n) is 4.39. The molecule has 0 saturated carbocycles. The maximum Gasteiger partial charge on any atom is 0.165 e. The van der Waals surface area contributed by atoms with Gasteiger partial charge in [-0.25, -0.2) is 4.98 Å². The summed E-state index contributed by atoms with van der Waals surface area (Å²) < 4.78 is 7.06. The molecule has 27 heavy (non-hydrogen) atoms. The fourth-order valence-electron chi connectivity index (χ4n) is 3.11. The first-order valence-corrected chi connectivity index (χ1v) is 8.97. The van der Waals surface area contributed by atoms with Crippen LogP contribution in [0.1, 0.15) is 11.4 Å². The van der Waals surface area contributed by atoms with Gasteiger partial charge in [-0.1, -0.05) is 23.7 Å². The standard InChI is InChI=1S/C21H19ClN4O/c1-13-12-19(24-17-8-10-18(27-3)11-9-17)26-21(23-13)20(14(2)25-26)15-4-6-16(22)7-5-15/h4-12,24H,1-3H3. The molecule has 0 aliphatic rings. The fraction of sp³-hybridized carbons (Fsp3) is 0.143. The average molecular weight is 379 g/mol. The zero-order chi connectivity index (χ0) is 19.0. The molecule has 2 aromatic heterocycles. The van der Waals surface area contributed by atoms with E-state index in [0.717, 1.165) is 45.4 Å². The van der Waals surface area contributed by atoms with Gasteiger partial charge in [-0.15, -0.1) is 0 Å². The lowest BCUT2D eigenvalue weighted by atomic mass is 10.1. The predicted molar refractivity (Wildman–Crippen MR) is 109 cm³/mol. The van der Waals surface area contributed by atoms with Gasteiger partial charge in [0.05, 0.1) is 12.8 Å². The highest BCUT2D eigenvalue weighted by molar-refractivity contribution is 6.30. The zero-order valence-electron chi connectivity index (χ0n) is 15.3. The van der Waals surface area contributed by atoms with Crippen LogP contribution >= 0.6 is 11.6 Å². The lowest BCUT2D eigenvalue weighted by Crippen LogP contribution is -2.02. The van der Waals surface area contributed by atoms with Crippen molar-refractivity contribution < 1.29 is 4.74 Å². The summed E-state index contributed by atoms with van der Waals surface area (Å²) in [5.41, 5.74) is 5.63. The number of hydrogen-bond acceptors (Lipinski definition) is 4. The van der Waals surface area contributed by atoms with E-state index in [-0.39, 0.29) is 0 Å². The number of anilines is 2. The van der Waals surface area contributed by atoms with Crippen LogP contribution in [0, 0.1) is 13.8 Å². The summed E-state index contributed by atoms with van der Waals surface area (Å²) in [6.07, 6.45) is 0. The van der Waals surface area contributed by atoms with Crippen molar-refractivity contribution in [3.05, 3.63) is 71.0 Å². The Morgan fingerprint density at radius 1 is 1.00 bits per heavy atom. The van der Waals surface area contributed by atoms with E-state index >= 15 is 0 Å². The van der Waals surface area contributed by atoms with Crippen LogP contribution < -0.4 is 10.1 Å². The smallest absolute Gasteiger partial charge is 0.165 e. The van der Waals surface area contributed by atoms with E-state index in [0.29, 0.717) is 5.02 Å². The molecule has 0 fully saturated rings. The Hall–Kier alpha value is -3.05. The molecular weight excluding hydrogens is 360 g/mol. The van der Waals surface area contributed by atoms with E-state index in [1.165, 1.54) is 0 Å². The van der Waals surface area contributed by atoms with Gasteiger partial charge in [-0.05, 0) is 55.8 Å². The van der Waals surface area contributed by atoms with Crippen LogP contribution in [0.15, 0.2) is 54.6 Å². The van der Waals surface area contributed by atoms with E-state index in [2.05, 4.69) is 5.32 Å². The number of aryl methyl sites for hydroxylation is 2. The lowest BCUT2D eigenvalue weighted by Gasteiger charge is -2.10. The second-order valence-corrected chi connectivity index (χ2v) is 6.78. The molecule has 0 saturated heterocycles. The van der Waals surface area contributed by atoms with Crippen LogP contribution in [-0.4, -0.2) is 21.7 Å². The molecular formula is C21H19ClN4O. The Morgan fingerprint density at radius 2 is 1.70 bits per heavy atom. The predicted octanol–water partition coefficient (Wildman–Crippen LogP) is 5.42. The fourth-order valence-corrected chi connectivity index (χ4v) is 3.24. The number of nitrogens with zero attached hydrogens (tertiary/aromatic N) is 3. The summed E-state index contributed by atoms with van der Waals surface area (Å²) in [5, 5.41) is 8.85. The Bertz CT molecular complexity index is 1100. The van der Waals surface area contributed by atoms with Crippen LogP contribution in [-0.2, 0) is 0 Å². The van der Waals surface area contributed by atoms with Crippen LogP contribution in [0.25, 0.3) is 16.8 Å². The van der Waals surface area contributed by atoms with Gasteiger partial charge >= 0.3 is 0 Å². The summed E-state index contributed by atoms with van der Waals surface area (Å²) in [5.74, 6) is 1.67. The van der Waals surface area contributed by atoms with Crippen molar-refractivity contribution in [2.75, 3.05) is 12.4 Å². The van der Waals surface area contributed by atoms with Crippen molar-refractivity contribution >= 4 is 28.8 Å². The van der Waals surface area contributed by atoms with Crippen LogP contribution in [0.5, 0.6) is 5.75 Å². The Kier molecular flexibility index (Phi) is 4.46. The number of fused-ring (bicyclic) bond motifs is 1. The number of ether oxygens (including phenoxy) is 1. The van der Waals surface area contributed by atoms with E-state index in [4.69, 9.17) is 26.4 Å². The van der Waals surface area contributed by atoms with Gasteiger partial charge in [-0.3, -0.25) is 0 Å². The normalized spacial score (nSPS) is 11.0. The van der Waals surface area contributed by atoms with Crippen molar-refractivity contribution in [2.24, 2.45) is 0 Å². The third-order valence-corrected chi connectivity index (χ3v) is 4.64. The van der Waals surface area contributed by atoms with Crippen LogP contribution in [0.2, 0.25) is 5.02 Å². The molecule has 0 spiro atoms. The van der Waals surface area contributed by atoms with E-state index < -0.39 is 0 Å². The van der Waals surface area contributed by atoms with Crippen molar-refractivity contribution in [1.29, 1.82) is 0 Å². The average Bonchev–Trinajstić information content (AvgIpc) is 2.99. The van der Waals surface area contributed by atoms with Gasteiger partial charge in [0.15, 0.2) is 5.65 Å². The molecule has 0 bridgehead atoms. The maximum atomic E-state index is 6.04. The van der Waals surface area contributed by atoms with Crippen molar-refractivity contribution in [2.45, 2.75) is 13.8 Å². The van der Waals surface area contributed by atoms with E-state index in [1.54, 1.807) is 7.11 Å². The number of methoxy groups -OCH3 is 1. The monoisotopic (exact) mass is 378 g/mol. The first-order chi connectivity index (χ1) is 13.0. The van der Waals surface area contributed by atoms with Gasteiger partial charge in [0.2, 0.25) is 0 Å². The minimum absolute atomic E-state index is 0.707. The number of halogens is 1. The number of rotatable bonds is 4. The maximum absolute atomic E-state index is 6.04. The van der Waals surface area contributed by atoms with Gasteiger partial charge in [0.25, 0.3) is 0 Å². The van der Waals surface area contributed by atoms with Gasteiger partial charge in [-0.2, -0.15) is 9.61 Å². The highest BCUT2D eigenvalue weighted by Crippen LogP contribution is 2.31. The first kappa shape index (κ1) is 17.4. The topological polar surface area (TPSA) is 51.5 Å². The van der Waals surface area contributed by atoms with Crippen LogP contribution in [0.3, 0.4) is 0 Å². The lowest BCUT2D eigenvalue weighted by molar-refractivity contribution is 0.415. The summed E-state index contributed by atoms with van der Waals surface area (Å²) in [7, 11) is 1.66. The molecule has 2 aromatic carbocycles. The van der Waals surface area contributed by atoms with Crippen molar-refractivity contribution in [3.63, 3.8) is 0 Å². The zero-order valence-corrected chi connectivity index (χ0v) is 16.1. The second kappa shape index (κ2) is 6.93. The Morgan fingerprint density at radius 3 is 2.37 bits per heavy atom. The molecule has 6 heteroatoms. The number of aromatic nitrogens is 3. The van der Waals surface area contributed by atoms with E-state index in [9.17, 15) is 0 Å². The van der Waals surface area contributed by atoms with Gasteiger partial charge in [0.1, 0.15) is 11.6 Å². The largest absolute Gasteiger partial charge is 0.497 e. The number of benzene rings is 2.